The summed E-state index contributed by atoms with van der Waals surface area (Å²) in [5.74, 6) is -0.367. The number of hydrogen-bond acceptors (Lipinski definition) is 6. The summed E-state index contributed by atoms with van der Waals surface area (Å²) in [6.45, 7) is 3.14. The molecule has 0 aromatic heterocycles. The number of rotatable bonds is 7. The van der Waals surface area contributed by atoms with Gasteiger partial charge in [-0.3, -0.25) is 9.59 Å². The van der Waals surface area contributed by atoms with E-state index in [9.17, 15) is 14.4 Å². The van der Waals surface area contributed by atoms with Crippen molar-refractivity contribution in [1.82, 2.24) is 5.32 Å². The highest BCUT2D eigenvalue weighted by Crippen LogP contribution is 2.28. The molecular formula is C20H23NO5S. The predicted octanol–water partition coefficient (Wildman–Crippen LogP) is 2.89. The molecule has 0 aliphatic rings. The molecule has 0 saturated carbocycles. The van der Waals surface area contributed by atoms with E-state index in [2.05, 4.69) is 10.1 Å². The summed E-state index contributed by atoms with van der Waals surface area (Å²) in [5.41, 5.74) is 0.888. The zero-order valence-electron chi connectivity index (χ0n) is 15.8. The number of carbonyl (C=O) groups is 3. The molecular weight excluding hydrogens is 366 g/mol. The molecule has 1 N–H and O–H groups in total. The first-order valence-electron chi connectivity index (χ1n) is 8.45. The van der Waals surface area contributed by atoms with Crippen molar-refractivity contribution in [2.75, 3.05) is 20.0 Å². The Balaban J connectivity index is 2.08. The number of methoxy groups -OCH3 is 2. The molecule has 2 rings (SSSR count). The Morgan fingerprint density at radius 1 is 1.07 bits per heavy atom. The fraction of sp³-hybridized carbons (Fsp3) is 0.350. The van der Waals surface area contributed by atoms with Crippen LogP contribution in [-0.2, 0) is 19.1 Å². The van der Waals surface area contributed by atoms with Crippen LogP contribution in [0.5, 0.6) is 5.75 Å². The molecule has 0 aliphatic heterocycles. The Labute approximate surface area is 162 Å². The third-order valence-electron chi connectivity index (χ3n) is 4.18. The summed E-state index contributed by atoms with van der Waals surface area (Å²) >= 11 is 1.01. The first-order chi connectivity index (χ1) is 12.8. The highest BCUT2D eigenvalue weighted by Gasteiger charge is 2.24. The van der Waals surface area contributed by atoms with Crippen molar-refractivity contribution in [2.45, 2.75) is 25.8 Å². The Bertz CT molecular complexity index is 851. The zero-order valence-corrected chi connectivity index (χ0v) is 16.6. The van der Waals surface area contributed by atoms with Crippen molar-refractivity contribution < 1.29 is 23.9 Å². The number of esters is 1. The summed E-state index contributed by atoms with van der Waals surface area (Å²) in [6.07, 6.45) is 0. The molecule has 0 aliphatic carbocycles. The maximum atomic E-state index is 12.6. The van der Waals surface area contributed by atoms with Crippen LogP contribution >= 0.6 is 11.8 Å². The second kappa shape index (κ2) is 9.41. The van der Waals surface area contributed by atoms with E-state index in [0.29, 0.717) is 0 Å². The Morgan fingerprint density at radius 3 is 2.37 bits per heavy atom. The van der Waals surface area contributed by atoms with Gasteiger partial charge in [-0.2, -0.15) is 0 Å². The molecule has 0 spiro atoms. The number of amides is 1. The second-order valence-corrected chi connectivity index (χ2v) is 7.12. The fourth-order valence-electron chi connectivity index (χ4n) is 2.62. The standard InChI is InChI=1S/C20H23NO5S/c1-12(20(24)27-11-18(19(23)26-4)21-13(2)22)14-5-6-16-10-17(25-3)8-7-15(16)9-14/h5-10,12,18H,11H2,1-4H3,(H,21,22)/t12-,18+/m0/s1. The molecule has 0 fully saturated rings. The highest BCUT2D eigenvalue weighted by atomic mass is 32.2. The average Bonchev–Trinajstić information content (AvgIpc) is 2.68. The van der Waals surface area contributed by atoms with Gasteiger partial charge in [-0.1, -0.05) is 43.0 Å². The number of ether oxygens (including phenoxy) is 2. The summed E-state index contributed by atoms with van der Waals surface area (Å²) in [4.78, 5) is 35.5. The first kappa shape index (κ1) is 20.8. The minimum atomic E-state index is -0.849. The third-order valence-corrected chi connectivity index (χ3v) is 5.32. The van der Waals surface area contributed by atoms with Crippen LogP contribution in [0.15, 0.2) is 36.4 Å². The van der Waals surface area contributed by atoms with Crippen molar-refractivity contribution >= 4 is 39.5 Å². The van der Waals surface area contributed by atoms with Crippen molar-refractivity contribution in [3.05, 3.63) is 42.0 Å². The van der Waals surface area contributed by atoms with Crippen molar-refractivity contribution in [3.8, 4) is 5.75 Å². The van der Waals surface area contributed by atoms with Gasteiger partial charge >= 0.3 is 5.97 Å². The third kappa shape index (κ3) is 5.47. The molecule has 0 saturated heterocycles. The first-order valence-corrected chi connectivity index (χ1v) is 9.43. The Hall–Kier alpha value is -2.54. The number of nitrogens with one attached hydrogen (secondary N) is 1. The number of thioether (sulfide) groups is 1. The molecule has 1 amide bonds. The van der Waals surface area contributed by atoms with Crippen LogP contribution in [0, 0.1) is 0 Å². The quantitative estimate of drug-likeness (QED) is 0.734. The van der Waals surface area contributed by atoms with Gasteiger partial charge in [0.1, 0.15) is 11.8 Å². The Morgan fingerprint density at radius 2 is 1.74 bits per heavy atom. The molecule has 2 atom stereocenters. The summed E-state index contributed by atoms with van der Waals surface area (Å²) in [7, 11) is 2.87. The van der Waals surface area contributed by atoms with Crippen molar-refractivity contribution in [1.29, 1.82) is 0 Å². The zero-order chi connectivity index (χ0) is 20.0. The molecule has 27 heavy (non-hydrogen) atoms. The van der Waals surface area contributed by atoms with Crippen LogP contribution < -0.4 is 10.1 Å². The molecule has 0 unspecified atom stereocenters. The molecule has 0 bridgehead atoms. The summed E-state index contributed by atoms with van der Waals surface area (Å²) in [6, 6.07) is 10.8. The lowest BCUT2D eigenvalue weighted by molar-refractivity contribution is -0.144. The van der Waals surface area contributed by atoms with Crippen LogP contribution in [0.2, 0.25) is 0 Å². The summed E-state index contributed by atoms with van der Waals surface area (Å²) < 4.78 is 9.89. The summed E-state index contributed by atoms with van der Waals surface area (Å²) in [5, 5.41) is 4.47. The largest absolute Gasteiger partial charge is 0.497 e. The molecule has 2 aromatic rings. The number of hydrogen-bond donors (Lipinski definition) is 1. The van der Waals surface area contributed by atoms with Gasteiger partial charge in [0, 0.05) is 12.7 Å². The van der Waals surface area contributed by atoms with Gasteiger partial charge < -0.3 is 14.8 Å². The van der Waals surface area contributed by atoms with Gasteiger partial charge in [0.2, 0.25) is 5.91 Å². The van der Waals surface area contributed by atoms with E-state index in [1.54, 1.807) is 7.11 Å². The minimum absolute atomic E-state index is 0.0814. The molecule has 7 heteroatoms. The van der Waals surface area contributed by atoms with E-state index < -0.39 is 12.0 Å². The maximum absolute atomic E-state index is 12.6. The molecule has 6 nitrogen and oxygen atoms in total. The van der Waals surface area contributed by atoms with Crippen LogP contribution in [-0.4, -0.2) is 43.0 Å². The van der Waals surface area contributed by atoms with Gasteiger partial charge in [-0.15, -0.1) is 0 Å². The number of fused-ring (bicyclic) bond motifs is 1. The van der Waals surface area contributed by atoms with E-state index >= 15 is 0 Å². The van der Waals surface area contributed by atoms with Gasteiger partial charge in [-0.05, 0) is 28.5 Å². The van der Waals surface area contributed by atoms with Crippen LogP contribution in [0.3, 0.4) is 0 Å². The van der Waals surface area contributed by atoms with Gasteiger partial charge in [0.25, 0.3) is 0 Å². The smallest absolute Gasteiger partial charge is 0.329 e. The molecule has 144 valence electrons. The topological polar surface area (TPSA) is 81.7 Å². The molecule has 0 heterocycles. The SMILES string of the molecule is COC(=O)[C@@H](CSC(=O)[C@@H](C)c1ccc2cc(OC)ccc2c1)NC(C)=O. The van der Waals surface area contributed by atoms with Crippen LogP contribution in [0.25, 0.3) is 10.8 Å². The van der Waals surface area contributed by atoms with E-state index in [0.717, 1.165) is 33.8 Å². The minimum Gasteiger partial charge on any atom is -0.497 e. The van der Waals surface area contributed by atoms with Crippen LogP contribution in [0.1, 0.15) is 25.3 Å². The van der Waals surface area contributed by atoms with Gasteiger partial charge in [0.15, 0.2) is 5.12 Å². The van der Waals surface area contributed by atoms with Gasteiger partial charge in [-0.25, -0.2) is 4.79 Å². The number of benzene rings is 2. The van der Waals surface area contributed by atoms with E-state index in [1.807, 2.05) is 43.3 Å². The predicted molar refractivity (Wildman–Crippen MR) is 106 cm³/mol. The van der Waals surface area contributed by atoms with E-state index in [4.69, 9.17) is 4.74 Å². The lowest BCUT2D eigenvalue weighted by atomic mass is 9.99. The molecule has 2 aromatic carbocycles. The fourth-order valence-corrected chi connectivity index (χ4v) is 3.56. The highest BCUT2D eigenvalue weighted by molar-refractivity contribution is 8.13. The van der Waals surface area contributed by atoms with Crippen LogP contribution in [0.4, 0.5) is 0 Å². The second-order valence-electron chi connectivity index (χ2n) is 6.10. The van der Waals surface area contributed by atoms with E-state index in [-0.39, 0.29) is 22.7 Å². The maximum Gasteiger partial charge on any atom is 0.329 e. The Kier molecular flexibility index (Phi) is 7.24. The lowest BCUT2D eigenvalue weighted by Gasteiger charge is -2.16. The lowest BCUT2D eigenvalue weighted by Crippen LogP contribution is -2.42. The molecule has 0 radical (unpaired) electrons. The van der Waals surface area contributed by atoms with Crippen molar-refractivity contribution in [3.63, 3.8) is 0 Å². The number of carbonyl (C=O) groups excluding carboxylic acids is 3. The monoisotopic (exact) mass is 389 g/mol. The van der Waals surface area contributed by atoms with E-state index in [1.165, 1.54) is 14.0 Å². The van der Waals surface area contributed by atoms with Gasteiger partial charge in [0.05, 0.1) is 20.1 Å². The average molecular weight is 389 g/mol. The normalized spacial score (nSPS) is 12.9. The van der Waals surface area contributed by atoms with Crippen molar-refractivity contribution in [2.24, 2.45) is 0 Å².